The Morgan fingerprint density at radius 1 is 1.42 bits per heavy atom. The quantitative estimate of drug-likeness (QED) is 0.917. The van der Waals surface area contributed by atoms with Crippen LogP contribution in [0.15, 0.2) is 28.7 Å². The Hall–Kier alpha value is -1.36. The fourth-order valence-electron chi connectivity index (χ4n) is 2.13. The van der Waals surface area contributed by atoms with Gasteiger partial charge < -0.3 is 10.2 Å². The van der Waals surface area contributed by atoms with Crippen molar-refractivity contribution in [3.63, 3.8) is 0 Å². The van der Waals surface area contributed by atoms with Crippen molar-refractivity contribution in [1.82, 2.24) is 10.2 Å². The molecule has 1 aromatic carbocycles. The Kier molecular flexibility index (Phi) is 4.58. The zero-order valence-corrected chi connectivity index (χ0v) is 12.4. The second-order valence-electron chi connectivity index (χ2n) is 4.80. The summed E-state index contributed by atoms with van der Waals surface area (Å²) in [5.74, 6) is -0.0476. The molecular weight excluding hydrogens is 308 g/mol. The smallest absolute Gasteiger partial charge is 0.244 e. The molecule has 2 rings (SSSR count). The maximum atomic E-state index is 11.8. The van der Waals surface area contributed by atoms with Gasteiger partial charge in [-0.05, 0) is 30.5 Å². The molecule has 1 N–H and O–H groups in total. The minimum Gasteiger partial charge on any atom is -0.344 e. The summed E-state index contributed by atoms with van der Waals surface area (Å²) in [6, 6.07) is 7.57. The second kappa shape index (κ2) is 6.19. The van der Waals surface area contributed by atoms with Gasteiger partial charge in [-0.15, -0.1) is 0 Å². The number of carbonyl (C=O) groups excluding carboxylic acids is 2. The van der Waals surface area contributed by atoms with Crippen molar-refractivity contribution in [2.24, 2.45) is 0 Å². The van der Waals surface area contributed by atoms with E-state index in [4.69, 9.17) is 0 Å². The number of aryl methyl sites for hydroxylation is 1. The van der Waals surface area contributed by atoms with Crippen molar-refractivity contribution < 1.29 is 9.59 Å². The van der Waals surface area contributed by atoms with Crippen LogP contribution in [0.4, 0.5) is 0 Å². The first-order chi connectivity index (χ1) is 9.06. The fourth-order valence-corrected chi connectivity index (χ4v) is 2.40. The molecular formula is C14H17BrN2O2. The number of rotatable bonds is 4. The molecule has 0 aliphatic carbocycles. The van der Waals surface area contributed by atoms with Crippen LogP contribution in [0, 0.1) is 0 Å². The van der Waals surface area contributed by atoms with Crippen molar-refractivity contribution in [2.75, 3.05) is 13.6 Å². The molecule has 1 atom stereocenters. The van der Waals surface area contributed by atoms with E-state index in [-0.39, 0.29) is 17.9 Å². The van der Waals surface area contributed by atoms with Crippen molar-refractivity contribution in [3.05, 3.63) is 34.3 Å². The summed E-state index contributed by atoms with van der Waals surface area (Å²) in [7, 11) is 1.76. The first-order valence-corrected chi connectivity index (χ1v) is 7.14. The lowest BCUT2D eigenvalue weighted by atomic mass is 10.1. The Bertz CT molecular complexity index is 473. The number of nitrogens with zero attached hydrogens (tertiary/aromatic N) is 1. The molecule has 0 unspecified atom stereocenters. The third-order valence-corrected chi connectivity index (χ3v) is 3.85. The molecule has 102 valence electrons. The summed E-state index contributed by atoms with van der Waals surface area (Å²) in [5, 5.41) is 2.80. The summed E-state index contributed by atoms with van der Waals surface area (Å²) in [6.45, 7) is 0.719. The Morgan fingerprint density at radius 3 is 2.68 bits per heavy atom. The summed E-state index contributed by atoms with van der Waals surface area (Å²) < 4.78 is 1.03. The molecule has 0 radical (unpaired) electrons. The summed E-state index contributed by atoms with van der Waals surface area (Å²) in [4.78, 5) is 25.1. The second-order valence-corrected chi connectivity index (χ2v) is 5.71. The van der Waals surface area contributed by atoms with Crippen molar-refractivity contribution in [3.8, 4) is 0 Å². The molecule has 0 aromatic heterocycles. The van der Waals surface area contributed by atoms with Gasteiger partial charge in [-0.3, -0.25) is 9.59 Å². The number of carbonyl (C=O) groups is 2. The third-order valence-electron chi connectivity index (χ3n) is 3.32. The number of likely N-dealkylation sites (N-methyl/N-ethyl adjacent to an activating group) is 1. The topological polar surface area (TPSA) is 49.4 Å². The predicted octanol–water partition coefficient (Wildman–Crippen LogP) is 1.73. The number of hydrogen-bond donors (Lipinski definition) is 1. The van der Waals surface area contributed by atoms with Crippen LogP contribution in [-0.2, 0) is 16.0 Å². The molecule has 0 saturated carbocycles. The molecule has 2 amide bonds. The lowest BCUT2D eigenvalue weighted by Gasteiger charge is -2.12. The average molecular weight is 325 g/mol. The van der Waals surface area contributed by atoms with E-state index >= 15 is 0 Å². The Balaban J connectivity index is 1.79. The molecule has 4 nitrogen and oxygen atoms in total. The van der Waals surface area contributed by atoms with Crippen LogP contribution in [0.2, 0.25) is 0 Å². The highest BCUT2D eigenvalue weighted by atomic mass is 79.9. The van der Waals surface area contributed by atoms with E-state index in [0.717, 1.165) is 16.6 Å². The molecule has 1 fully saturated rings. The van der Waals surface area contributed by atoms with Crippen LogP contribution >= 0.6 is 15.9 Å². The van der Waals surface area contributed by atoms with Crippen LogP contribution < -0.4 is 5.32 Å². The van der Waals surface area contributed by atoms with E-state index < -0.39 is 0 Å². The van der Waals surface area contributed by atoms with Gasteiger partial charge in [-0.1, -0.05) is 28.1 Å². The van der Waals surface area contributed by atoms with Crippen molar-refractivity contribution in [1.29, 1.82) is 0 Å². The van der Waals surface area contributed by atoms with Gasteiger partial charge in [0.25, 0.3) is 0 Å². The van der Waals surface area contributed by atoms with Gasteiger partial charge in [-0.2, -0.15) is 0 Å². The van der Waals surface area contributed by atoms with E-state index in [1.54, 1.807) is 11.9 Å². The van der Waals surface area contributed by atoms with Crippen LogP contribution in [0.5, 0.6) is 0 Å². The van der Waals surface area contributed by atoms with Crippen molar-refractivity contribution in [2.45, 2.75) is 25.3 Å². The number of likely N-dealkylation sites (tertiary alicyclic amines) is 1. The van der Waals surface area contributed by atoms with Gasteiger partial charge in [0.05, 0.1) is 0 Å². The molecule has 1 aliphatic rings. The third kappa shape index (κ3) is 3.80. The van der Waals surface area contributed by atoms with Gasteiger partial charge in [0.2, 0.25) is 11.8 Å². The van der Waals surface area contributed by atoms with Gasteiger partial charge in [0.15, 0.2) is 0 Å². The minimum atomic E-state index is -0.331. The van der Waals surface area contributed by atoms with E-state index in [1.165, 1.54) is 0 Å². The maximum Gasteiger partial charge on any atom is 0.244 e. The molecule has 1 aromatic rings. The molecule has 1 saturated heterocycles. The number of benzene rings is 1. The first-order valence-electron chi connectivity index (χ1n) is 6.35. The number of hydrogen-bond acceptors (Lipinski definition) is 2. The molecule has 0 bridgehead atoms. The molecule has 1 aliphatic heterocycles. The van der Waals surface area contributed by atoms with Gasteiger partial charge in [0, 0.05) is 24.5 Å². The lowest BCUT2D eigenvalue weighted by molar-refractivity contribution is -0.131. The van der Waals surface area contributed by atoms with Crippen LogP contribution in [0.3, 0.4) is 0 Å². The van der Waals surface area contributed by atoms with Crippen LogP contribution in [-0.4, -0.2) is 36.3 Å². The molecule has 5 heteroatoms. The van der Waals surface area contributed by atoms with E-state index in [2.05, 4.69) is 21.2 Å². The van der Waals surface area contributed by atoms with Gasteiger partial charge >= 0.3 is 0 Å². The highest BCUT2D eigenvalue weighted by molar-refractivity contribution is 9.10. The standard InChI is InChI=1S/C14H17BrN2O2/c1-17-9-8-12(14(17)19)16-13(18)7-4-10-2-5-11(15)6-3-10/h2-3,5-6,12H,4,7-9H2,1H3,(H,16,18)/t12-/m0/s1. The van der Waals surface area contributed by atoms with Crippen LogP contribution in [0.1, 0.15) is 18.4 Å². The monoisotopic (exact) mass is 324 g/mol. The Labute approximate surface area is 121 Å². The van der Waals surface area contributed by atoms with Gasteiger partial charge in [-0.25, -0.2) is 0 Å². The summed E-state index contributed by atoms with van der Waals surface area (Å²) >= 11 is 3.37. The normalized spacial score (nSPS) is 18.7. The zero-order valence-electron chi connectivity index (χ0n) is 10.9. The maximum absolute atomic E-state index is 11.8. The Morgan fingerprint density at radius 2 is 2.11 bits per heavy atom. The molecule has 19 heavy (non-hydrogen) atoms. The zero-order chi connectivity index (χ0) is 13.8. The summed E-state index contributed by atoms with van der Waals surface area (Å²) in [6.07, 6.45) is 1.81. The van der Waals surface area contributed by atoms with Gasteiger partial charge in [0.1, 0.15) is 6.04 Å². The minimum absolute atomic E-state index is 0.0111. The van der Waals surface area contributed by atoms with Crippen LogP contribution in [0.25, 0.3) is 0 Å². The number of nitrogens with one attached hydrogen (secondary N) is 1. The largest absolute Gasteiger partial charge is 0.344 e. The number of halogens is 1. The fraction of sp³-hybridized carbons (Fsp3) is 0.429. The van der Waals surface area contributed by atoms with Crippen molar-refractivity contribution >= 4 is 27.7 Å². The average Bonchev–Trinajstić information content (AvgIpc) is 2.70. The lowest BCUT2D eigenvalue weighted by Crippen LogP contribution is -2.40. The first kappa shape index (κ1) is 14.1. The summed E-state index contributed by atoms with van der Waals surface area (Å²) in [5.41, 5.74) is 1.12. The molecule has 1 heterocycles. The highest BCUT2D eigenvalue weighted by Gasteiger charge is 2.29. The predicted molar refractivity (Wildman–Crippen MR) is 76.6 cm³/mol. The van der Waals surface area contributed by atoms with E-state index in [1.807, 2.05) is 24.3 Å². The highest BCUT2D eigenvalue weighted by Crippen LogP contribution is 2.12. The SMILES string of the molecule is CN1CC[C@H](NC(=O)CCc2ccc(Br)cc2)C1=O. The number of amides is 2. The van der Waals surface area contributed by atoms with E-state index in [9.17, 15) is 9.59 Å². The molecule has 0 spiro atoms. The van der Waals surface area contributed by atoms with E-state index in [0.29, 0.717) is 19.3 Å².